The molecule has 4 nitrogen and oxygen atoms in total. The van der Waals surface area contributed by atoms with Crippen molar-refractivity contribution in [2.75, 3.05) is 26.2 Å². The van der Waals surface area contributed by atoms with E-state index < -0.39 is 0 Å². The van der Waals surface area contributed by atoms with Gasteiger partial charge in [-0.15, -0.1) is 0 Å². The molecule has 1 aliphatic rings. The van der Waals surface area contributed by atoms with Gasteiger partial charge in [0.1, 0.15) is 23.2 Å². The summed E-state index contributed by atoms with van der Waals surface area (Å²) in [4.78, 5) is 17.0. The molecule has 2 aromatic carbocycles. The van der Waals surface area contributed by atoms with Crippen molar-refractivity contribution in [3.63, 3.8) is 0 Å². The Labute approximate surface area is 174 Å². The van der Waals surface area contributed by atoms with Crippen LogP contribution >= 0.6 is 0 Å². The molecule has 3 aromatic rings. The fourth-order valence-electron chi connectivity index (χ4n) is 4.10. The van der Waals surface area contributed by atoms with Crippen LogP contribution in [0.3, 0.4) is 0 Å². The molecule has 156 valence electrons. The molecule has 0 atom stereocenters. The molecule has 0 radical (unpaired) electrons. The Balaban J connectivity index is 1.54. The number of hydrogen-bond acceptors (Lipinski definition) is 3. The van der Waals surface area contributed by atoms with Crippen LogP contribution in [0.5, 0.6) is 0 Å². The van der Waals surface area contributed by atoms with Gasteiger partial charge in [-0.25, -0.2) is 8.78 Å². The highest BCUT2D eigenvalue weighted by molar-refractivity contribution is 5.95. The number of halogens is 2. The predicted molar refractivity (Wildman–Crippen MR) is 110 cm³/mol. The van der Waals surface area contributed by atoms with Crippen molar-refractivity contribution in [1.82, 2.24) is 9.80 Å². The maximum atomic E-state index is 13.5. The number of carbonyl (C=O) groups excluding carboxylic acids is 1. The summed E-state index contributed by atoms with van der Waals surface area (Å²) in [6, 6.07) is 14.5. The Morgan fingerprint density at radius 3 is 1.80 bits per heavy atom. The van der Waals surface area contributed by atoms with Gasteiger partial charge in [-0.1, -0.05) is 24.3 Å². The van der Waals surface area contributed by atoms with Crippen LogP contribution in [0.15, 0.2) is 59.0 Å². The third-order valence-corrected chi connectivity index (χ3v) is 5.61. The fourth-order valence-corrected chi connectivity index (χ4v) is 4.10. The van der Waals surface area contributed by atoms with E-state index >= 15 is 0 Å². The lowest BCUT2D eigenvalue weighted by atomic mass is 9.96. The average molecular weight is 410 g/mol. The topological polar surface area (TPSA) is 36.7 Å². The van der Waals surface area contributed by atoms with Crippen LogP contribution in [0.1, 0.15) is 39.0 Å². The Bertz CT molecular complexity index is 975. The van der Waals surface area contributed by atoms with Crippen LogP contribution in [0, 0.1) is 25.5 Å². The monoisotopic (exact) mass is 410 g/mol. The molecule has 4 rings (SSSR count). The summed E-state index contributed by atoms with van der Waals surface area (Å²) in [6.07, 6.45) is 0. The molecule has 0 spiro atoms. The third-order valence-electron chi connectivity index (χ3n) is 5.61. The van der Waals surface area contributed by atoms with Gasteiger partial charge in [-0.2, -0.15) is 0 Å². The quantitative estimate of drug-likeness (QED) is 0.624. The van der Waals surface area contributed by atoms with Crippen LogP contribution in [-0.2, 0) is 0 Å². The first-order chi connectivity index (χ1) is 14.4. The molecule has 0 unspecified atom stereocenters. The molecule has 6 heteroatoms. The van der Waals surface area contributed by atoms with Crippen molar-refractivity contribution in [1.29, 1.82) is 0 Å². The van der Waals surface area contributed by atoms with E-state index in [2.05, 4.69) is 4.90 Å². The van der Waals surface area contributed by atoms with E-state index in [4.69, 9.17) is 4.42 Å². The Morgan fingerprint density at radius 1 is 0.867 bits per heavy atom. The normalized spacial score (nSPS) is 15.0. The SMILES string of the molecule is Cc1cc(C(=O)N2CCN(C(c3ccc(F)cc3)c3ccc(F)cc3)CC2)c(C)o1. The molecular formula is C24H24F2N2O2. The van der Waals surface area contributed by atoms with Crippen LogP contribution < -0.4 is 0 Å². The highest BCUT2D eigenvalue weighted by Crippen LogP contribution is 2.30. The third kappa shape index (κ3) is 4.14. The lowest BCUT2D eigenvalue weighted by molar-refractivity contribution is 0.0595. The van der Waals surface area contributed by atoms with E-state index in [1.165, 1.54) is 24.3 Å². The molecule has 0 saturated carbocycles. The van der Waals surface area contributed by atoms with Crippen LogP contribution in [-0.4, -0.2) is 41.9 Å². The van der Waals surface area contributed by atoms with E-state index in [1.54, 1.807) is 37.3 Å². The zero-order valence-electron chi connectivity index (χ0n) is 17.1. The zero-order chi connectivity index (χ0) is 21.3. The van der Waals surface area contributed by atoms with Gasteiger partial charge in [0.05, 0.1) is 11.6 Å². The van der Waals surface area contributed by atoms with Crippen molar-refractivity contribution < 1.29 is 18.0 Å². The minimum atomic E-state index is -0.294. The van der Waals surface area contributed by atoms with Gasteiger partial charge in [0.15, 0.2) is 0 Å². The summed E-state index contributed by atoms with van der Waals surface area (Å²) in [5, 5.41) is 0. The second-order valence-corrected chi connectivity index (χ2v) is 7.66. The first-order valence-electron chi connectivity index (χ1n) is 10.0. The fraction of sp³-hybridized carbons (Fsp3) is 0.292. The van der Waals surface area contributed by atoms with E-state index in [0.29, 0.717) is 37.5 Å². The number of hydrogen-bond donors (Lipinski definition) is 0. The van der Waals surface area contributed by atoms with Gasteiger partial charge in [0.2, 0.25) is 0 Å². The summed E-state index contributed by atoms with van der Waals surface area (Å²) in [5.41, 5.74) is 2.47. The smallest absolute Gasteiger partial charge is 0.257 e. The summed E-state index contributed by atoms with van der Waals surface area (Å²) >= 11 is 0. The Kier molecular flexibility index (Phi) is 5.68. The first-order valence-corrected chi connectivity index (χ1v) is 10.0. The lowest BCUT2D eigenvalue weighted by Gasteiger charge is -2.39. The number of rotatable bonds is 4. The number of aryl methyl sites for hydroxylation is 2. The summed E-state index contributed by atoms with van der Waals surface area (Å²) in [5.74, 6) is 0.748. The van der Waals surface area contributed by atoms with Crippen molar-refractivity contribution in [2.45, 2.75) is 19.9 Å². The molecule has 1 aliphatic heterocycles. The van der Waals surface area contributed by atoms with E-state index in [1.807, 2.05) is 11.8 Å². The molecule has 0 N–H and O–H groups in total. The van der Waals surface area contributed by atoms with Gasteiger partial charge in [-0.05, 0) is 55.3 Å². The molecule has 0 aliphatic carbocycles. The number of nitrogens with zero attached hydrogens (tertiary/aromatic N) is 2. The Hall–Kier alpha value is -2.99. The van der Waals surface area contributed by atoms with E-state index in [0.717, 1.165) is 16.9 Å². The number of piperazine rings is 1. The highest BCUT2D eigenvalue weighted by Gasteiger charge is 2.29. The average Bonchev–Trinajstić information content (AvgIpc) is 3.09. The summed E-state index contributed by atoms with van der Waals surface area (Å²) in [6.45, 7) is 6.08. The maximum Gasteiger partial charge on any atom is 0.257 e. The van der Waals surface area contributed by atoms with Crippen LogP contribution in [0.25, 0.3) is 0 Å². The van der Waals surface area contributed by atoms with Crippen LogP contribution in [0.2, 0.25) is 0 Å². The summed E-state index contributed by atoms with van der Waals surface area (Å²) in [7, 11) is 0. The number of amides is 1. The highest BCUT2D eigenvalue weighted by atomic mass is 19.1. The van der Waals surface area contributed by atoms with Gasteiger partial charge in [-0.3, -0.25) is 9.69 Å². The minimum Gasteiger partial charge on any atom is -0.466 e. The maximum absolute atomic E-state index is 13.5. The molecule has 1 aromatic heterocycles. The van der Waals surface area contributed by atoms with E-state index in [-0.39, 0.29) is 23.6 Å². The molecule has 1 saturated heterocycles. The molecular weight excluding hydrogens is 386 g/mol. The Morgan fingerprint density at radius 2 is 1.37 bits per heavy atom. The molecule has 30 heavy (non-hydrogen) atoms. The second-order valence-electron chi connectivity index (χ2n) is 7.66. The van der Waals surface area contributed by atoms with Gasteiger partial charge < -0.3 is 9.32 Å². The number of carbonyl (C=O) groups is 1. The zero-order valence-corrected chi connectivity index (χ0v) is 17.1. The van der Waals surface area contributed by atoms with Crippen molar-refractivity contribution in [3.8, 4) is 0 Å². The molecule has 1 fully saturated rings. The second kappa shape index (κ2) is 8.40. The van der Waals surface area contributed by atoms with Crippen LogP contribution in [0.4, 0.5) is 8.78 Å². The minimum absolute atomic E-state index is 0.0240. The van der Waals surface area contributed by atoms with Gasteiger partial charge in [0, 0.05) is 26.2 Å². The van der Waals surface area contributed by atoms with E-state index in [9.17, 15) is 13.6 Å². The molecule has 0 bridgehead atoms. The standard InChI is InChI=1S/C24H24F2N2O2/c1-16-15-22(17(2)30-16)24(29)28-13-11-27(12-14-28)23(18-3-7-20(25)8-4-18)19-5-9-21(26)10-6-19/h3-10,15,23H,11-14H2,1-2H3. The number of benzene rings is 2. The van der Waals surface area contributed by atoms with Crippen molar-refractivity contribution in [2.24, 2.45) is 0 Å². The summed E-state index contributed by atoms with van der Waals surface area (Å²) < 4.78 is 32.4. The van der Waals surface area contributed by atoms with Crippen molar-refractivity contribution in [3.05, 3.63) is 94.4 Å². The predicted octanol–water partition coefficient (Wildman–Crippen LogP) is 4.72. The van der Waals surface area contributed by atoms with Crippen molar-refractivity contribution >= 4 is 5.91 Å². The lowest BCUT2D eigenvalue weighted by Crippen LogP contribution is -2.49. The largest absolute Gasteiger partial charge is 0.466 e. The molecule has 1 amide bonds. The van der Waals surface area contributed by atoms with Gasteiger partial charge >= 0.3 is 0 Å². The number of furan rings is 1. The van der Waals surface area contributed by atoms with Gasteiger partial charge in [0.25, 0.3) is 5.91 Å². The molecule has 2 heterocycles. The first kappa shape index (κ1) is 20.3.